The number of fused-ring (bicyclic) bond motifs is 1. The fourth-order valence-corrected chi connectivity index (χ4v) is 4.71. The number of aliphatic carboxylic acids is 3. The zero-order chi connectivity index (χ0) is 29.4. The highest BCUT2D eigenvalue weighted by Gasteiger charge is 2.38. The van der Waals surface area contributed by atoms with Gasteiger partial charge in [-0.15, -0.1) is 0 Å². The summed E-state index contributed by atoms with van der Waals surface area (Å²) in [7, 11) is 0. The number of hydrogen-bond acceptors (Lipinski definition) is 7. The van der Waals surface area contributed by atoms with E-state index in [0.29, 0.717) is 18.4 Å². The van der Waals surface area contributed by atoms with Crippen molar-refractivity contribution in [2.45, 2.75) is 69.1 Å². The summed E-state index contributed by atoms with van der Waals surface area (Å²) in [6.07, 6.45) is 1.18. The van der Waals surface area contributed by atoms with Crippen LogP contribution in [0.1, 0.15) is 44.1 Å². The second-order valence-electron chi connectivity index (χ2n) is 9.69. The molecule has 0 saturated carbocycles. The van der Waals surface area contributed by atoms with Gasteiger partial charge in [-0.1, -0.05) is 18.2 Å². The van der Waals surface area contributed by atoms with Gasteiger partial charge in [0, 0.05) is 42.9 Å². The Balaban J connectivity index is 1.80. The summed E-state index contributed by atoms with van der Waals surface area (Å²) in [6, 6.07) is 2.45. The Morgan fingerprint density at radius 3 is 2.33 bits per heavy atom. The first-order valence-electron chi connectivity index (χ1n) is 12.9. The average Bonchev–Trinajstić information content (AvgIpc) is 3.56. The third-order valence-electron chi connectivity index (χ3n) is 6.82. The number of amides is 3. The highest BCUT2D eigenvalue weighted by molar-refractivity contribution is 5.95. The third kappa shape index (κ3) is 7.79. The van der Waals surface area contributed by atoms with E-state index in [4.69, 9.17) is 15.9 Å². The molecule has 3 amide bonds. The Hall–Kier alpha value is -4.46. The molecule has 1 aromatic carbocycles. The van der Waals surface area contributed by atoms with Gasteiger partial charge >= 0.3 is 17.9 Å². The molecule has 1 fully saturated rings. The number of rotatable bonds is 14. The SMILES string of the molecule is NC(CCC(=O)O)C(=O)N1CCCC1C(=O)NC(Cc1c[nH]c2ccccc12)C(=O)NC(CCC(=O)O)C(=O)O. The first kappa shape index (κ1) is 30.1. The van der Waals surface area contributed by atoms with Crippen LogP contribution in [0.5, 0.6) is 0 Å². The lowest BCUT2D eigenvalue weighted by Gasteiger charge is -2.28. The molecule has 2 heterocycles. The summed E-state index contributed by atoms with van der Waals surface area (Å²) in [5.74, 6) is -5.80. The molecule has 40 heavy (non-hydrogen) atoms. The zero-order valence-corrected chi connectivity index (χ0v) is 21.7. The standard InChI is InChI=1S/C26H33N5O9/c27-16(7-9-21(32)33)25(38)31-11-3-6-20(31)24(37)30-19(12-14-13-28-17-5-2-1-4-15(14)17)23(36)29-18(26(39)40)8-10-22(34)35/h1-2,4-5,13,16,18-20,28H,3,6-12,27H2,(H,29,36)(H,30,37)(H,32,33)(H,34,35)(H,39,40). The van der Waals surface area contributed by atoms with Crippen LogP contribution in [0.4, 0.5) is 0 Å². The number of benzene rings is 1. The van der Waals surface area contributed by atoms with Crippen molar-refractivity contribution in [3.63, 3.8) is 0 Å². The Morgan fingerprint density at radius 1 is 0.975 bits per heavy atom. The Bertz CT molecular complexity index is 1280. The van der Waals surface area contributed by atoms with Gasteiger partial charge in [-0.25, -0.2) is 4.79 Å². The molecule has 0 aliphatic carbocycles. The third-order valence-corrected chi connectivity index (χ3v) is 6.82. The van der Waals surface area contributed by atoms with Crippen LogP contribution < -0.4 is 16.4 Å². The van der Waals surface area contributed by atoms with Gasteiger partial charge in [0.05, 0.1) is 6.04 Å². The number of H-pyrrole nitrogens is 1. The van der Waals surface area contributed by atoms with Crippen molar-refractivity contribution in [3.05, 3.63) is 36.0 Å². The molecule has 0 radical (unpaired) electrons. The Morgan fingerprint density at radius 2 is 1.65 bits per heavy atom. The van der Waals surface area contributed by atoms with E-state index in [9.17, 15) is 33.9 Å². The Labute approximate surface area is 228 Å². The number of para-hydroxylation sites is 1. The molecule has 0 bridgehead atoms. The largest absolute Gasteiger partial charge is 0.481 e. The van der Waals surface area contributed by atoms with Gasteiger partial charge in [0.1, 0.15) is 18.1 Å². The average molecular weight is 560 g/mol. The zero-order valence-electron chi connectivity index (χ0n) is 21.7. The smallest absolute Gasteiger partial charge is 0.326 e. The van der Waals surface area contributed by atoms with E-state index in [1.165, 1.54) is 4.90 Å². The molecule has 14 nitrogen and oxygen atoms in total. The molecule has 3 rings (SSSR count). The van der Waals surface area contributed by atoms with Gasteiger partial charge in [0.2, 0.25) is 17.7 Å². The van der Waals surface area contributed by atoms with Gasteiger partial charge in [0.15, 0.2) is 0 Å². The predicted molar refractivity (Wildman–Crippen MR) is 140 cm³/mol. The molecule has 2 aromatic rings. The van der Waals surface area contributed by atoms with Crippen LogP contribution in [0.2, 0.25) is 0 Å². The van der Waals surface area contributed by atoms with Gasteiger partial charge in [0.25, 0.3) is 0 Å². The molecule has 8 N–H and O–H groups in total. The number of carbonyl (C=O) groups excluding carboxylic acids is 3. The van der Waals surface area contributed by atoms with Crippen LogP contribution in [-0.2, 0) is 35.2 Å². The lowest BCUT2D eigenvalue weighted by molar-refractivity contribution is -0.144. The summed E-state index contributed by atoms with van der Waals surface area (Å²) < 4.78 is 0. The van der Waals surface area contributed by atoms with Gasteiger partial charge in [-0.2, -0.15) is 0 Å². The van der Waals surface area contributed by atoms with Crippen LogP contribution >= 0.6 is 0 Å². The number of nitrogens with zero attached hydrogens (tertiary/aromatic N) is 1. The molecule has 1 saturated heterocycles. The first-order valence-corrected chi connectivity index (χ1v) is 12.9. The molecule has 1 aliphatic heterocycles. The summed E-state index contributed by atoms with van der Waals surface area (Å²) >= 11 is 0. The van der Waals surface area contributed by atoms with Crippen LogP contribution in [0.15, 0.2) is 30.5 Å². The molecule has 4 unspecified atom stereocenters. The van der Waals surface area contributed by atoms with Crippen molar-refractivity contribution in [2.24, 2.45) is 5.73 Å². The maximum Gasteiger partial charge on any atom is 0.326 e. The van der Waals surface area contributed by atoms with Crippen LogP contribution in [-0.4, -0.2) is 91.5 Å². The minimum Gasteiger partial charge on any atom is -0.481 e. The highest BCUT2D eigenvalue weighted by Crippen LogP contribution is 2.22. The first-order chi connectivity index (χ1) is 19.0. The molecular formula is C26H33N5O9. The molecule has 14 heteroatoms. The number of aromatic nitrogens is 1. The summed E-state index contributed by atoms with van der Waals surface area (Å²) in [4.78, 5) is 77.4. The van der Waals surface area contributed by atoms with E-state index >= 15 is 0 Å². The van der Waals surface area contributed by atoms with E-state index in [-0.39, 0.29) is 32.2 Å². The number of carboxylic acids is 3. The number of aromatic amines is 1. The maximum absolute atomic E-state index is 13.4. The van der Waals surface area contributed by atoms with Crippen molar-refractivity contribution in [3.8, 4) is 0 Å². The van der Waals surface area contributed by atoms with E-state index < -0.39 is 66.2 Å². The Kier molecular flexibility index (Phi) is 10.2. The number of nitrogens with two attached hydrogens (primary N) is 1. The lowest BCUT2D eigenvalue weighted by atomic mass is 10.0. The van der Waals surface area contributed by atoms with Crippen molar-refractivity contribution >= 4 is 46.5 Å². The fraction of sp³-hybridized carbons (Fsp3) is 0.462. The number of nitrogens with one attached hydrogen (secondary N) is 3. The summed E-state index contributed by atoms with van der Waals surface area (Å²) in [5.41, 5.74) is 7.34. The topological polar surface area (TPSA) is 232 Å². The quantitative estimate of drug-likeness (QED) is 0.161. The number of carboxylic acid groups (broad SMARTS) is 3. The van der Waals surface area contributed by atoms with Crippen molar-refractivity contribution < 1.29 is 44.1 Å². The van der Waals surface area contributed by atoms with Crippen LogP contribution in [0, 0.1) is 0 Å². The van der Waals surface area contributed by atoms with E-state index in [1.807, 2.05) is 18.2 Å². The molecule has 1 aliphatic rings. The fourth-order valence-electron chi connectivity index (χ4n) is 4.71. The molecular weight excluding hydrogens is 526 g/mol. The van der Waals surface area contributed by atoms with Crippen molar-refractivity contribution in [1.29, 1.82) is 0 Å². The normalized spacial score (nSPS) is 17.1. The highest BCUT2D eigenvalue weighted by atomic mass is 16.4. The summed E-state index contributed by atoms with van der Waals surface area (Å²) in [6.45, 7) is 0.229. The molecule has 0 spiro atoms. The van der Waals surface area contributed by atoms with Gasteiger partial charge in [-0.3, -0.25) is 24.0 Å². The monoisotopic (exact) mass is 559 g/mol. The van der Waals surface area contributed by atoms with E-state index in [2.05, 4.69) is 15.6 Å². The summed E-state index contributed by atoms with van der Waals surface area (Å²) in [5, 5.41) is 33.1. The molecule has 216 valence electrons. The molecule has 1 aromatic heterocycles. The number of likely N-dealkylation sites (tertiary alicyclic amines) is 1. The minimum atomic E-state index is -1.50. The number of carbonyl (C=O) groups is 6. The minimum absolute atomic E-state index is 0.0222. The molecule has 4 atom stereocenters. The van der Waals surface area contributed by atoms with E-state index in [0.717, 1.165) is 10.9 Å². The van der Waals surface area contributed by atoms with Crippen molar-refractivity contribution in [2.75, 3.05) is 6.54 Å². The van der Waals surface area contributed by atoms with E-state index in [1.54, 1.807) is 12.3 Å². The van der Waals surface area contributed by atoms with Gasteiger partial charge in [-0.05, 0) is 37.3 Å². The maximum atomic E-state index is 13.4. The number of hydrogen-bond donors (Lipinski definition) is 7. The lowest BCUT2D eigenvalue weighted by Crippen LogP contribution is -2.57. The van der Waals surface area contributed by atoms with Crippen LogP contribution in [0.25, 0.3) is 10.9 Å². The van der Waals surface area contributed by atoms with Crippen LogP contribution in [0.3, 0.4) is 0 Å². The second-order valence-corrected chi connectivity index (χ2v) is 9.69. The predicted octanol–water partition coefficient (Wildman–Crippen LogP) is -0.187. The van der Waals surface area contributed by atoms with Gasteiger partial charge < -0.3 is 41.6 Å². The second kappa shape index (κ2) is 13.6. The van der Waals surface area contributed by atoms with Crippen molar-refractivity contribution in [1.82, 2.24) is 20.5 Å².